The number of Topliss-reactive ketones (excluding diaryl/α,β-unsaturated/α-hetero) is 1. The standard InChI is InChI=1S/C20H23NO6/c1-5-26-20(24)19-12(2)18(13(3)21-19)16(22)11-27-17(23)10-14-6-8-15(25-4)9-7-14/h6-9,21H,5,10-11H2,1-4H3. The minimum atomic E-state index is -0.520. The number of hydrogen-bond donors (Lipinski definition) is 1. The Labute approximate surface area is 157 Å². The Balaban J connectivity index is 1.98. The molecule has 0 unspecified atom stereocenters. The van der Waals surface area contributed by atoms with E-state index < -0.39 is 18.5 Å². The molecular formula is C20H23NO6. The van der Waals surface area contributed by atoms with E-state index in [1.54, 1.807) is 52.1 Å². The molecule has 27 heavy (non-hydrogen) atoms. The summed E-state index contributed by atoms with van der Waals surface area (Å²) in [7, 11) is 1.56. The van der Waals surface area contributed by atoms with E-state index in [0.717, 1.165) is 5.56 Å². The van der Waals surface area contributed by atoms with E-state index in [1.165, 1.54) is 0 Å². The van der Waals surface area contributed by atoms with Crippen molar-refractivity contribution in [1.29, 1.82) is 0 Å². The molecule has 0 atom stereocenters. The lowest BCUT2D eigenvalue weighted by Crippen LogP contribution is -2.17. The Morgan fingerprint density at radius 2 is 1.70 bits per heavy atom. The van der Waals surface area contributed by atoms with Crippen LogP contribution < -0.4 is 4.74 Å². The van der Waals surface area contributed by atoms with E-state index in [0.29, 0.717) is 22.6 Å². The Hall–Kier alpha value is -3.09. The maximum atomic E-state index is 12.5. The zero-order valence-electron chi connectivity index (χ0n) is 15.9. The molecule has 0 amide bonds. The molecule has 1 N–H and O–H groups in total. The van der Waals surface area contributed by atoms with Gasteiger partial charge in [-0.05, 0) is 44.0 Å². The number of hydrogen-bond acceptors (Lipinski definition) is 6. The molecule has 7 heteroatoms. The van der Waals surface area contributed by atoms with Crippen LogP contribution in [0, 0.1) is 13.8 Å². The number of H-pyrrole nitrogens is 1. The average Bonchev–Trinajstić information content (AvgIpc) is 2.95. The van der Waals surface area contributed by atoms with E-state index >= 15 is 0 Å². The van der Waals surface area contributed by atoms with Crippen LogP contribution in [0.5, 0.6) is 5.75 Å². The van der Waals surface area contributed by atoms with Crippen molar-refractivity contribution in [1.82, 2.24) is 4.98 Å². The second-order valence-electron chi connectivity index (χ2n) is 5.95. The predicted octanol–water partition coefficient (Wildman–Crippen LogP) is 2.79. The van der Waals surface area contributed by atoms with Crippen LogP contribution in [0.3, 0.4) is 0 Å². The van der Waals surface area contributed by atoms with Gasteiger partial charge in [0.1, 0.15) is 11.4 Å². The summed E-state index contributed by atoms with van der Waals surface area (Å²) >= 11 is 0. The van der Waals surface area contributed by atoms with Gasteiger partial charge in [0.15, 0.2) is 6.61 Å². The summed E-state index contributed by atoms with van der Waals surface area (Å²) in [5.41, 5.74) is 2.36. The van der Waals surface area contributed by atoms with Crippen LogP contribution in [0.4, 0.5) is 0 Å². The first-order valence-corrected chi connectivity index (χ1v) is 8.55. The second kappa shape index (κ2) is 9.02. The number of aromatic amines is 1. The van der Waals surface area contributed by atoms with Gasteiger partial charge in [-0.2, -0.15) is 0 Å². The number of aromatic nitrogens is 1. The number of esters is 2. The highest BCUT2D eigenvalue weighted by molar-refractivity contribution is 6.03. The van der Waals surface area contributed by atoms with Gasteiger partial charge >= 0.3 is 11.9 Å². The lowest BCUT2D eigenvalue weighted by Gasteiger charge is -2.06. The molecule has 7 nitrogen and oxygen atoms in total. The van der Waals surface area contributed by atoms with Crippen molar-refractivity contribution >= 4 is 17.7 Å². The van der Waals surface area contributed by atoms with E-state index in [2.05, 4.69) is 4.98 Å². The zero-order chi connectivity index (χ0) is 20.0. The van der Waals surface area contributed by atoms with Crippen LogP contribution in [0.1, 0.15) is 44.6 Å². The summed E-state index contributed by atoms with van der Waals surface area (Å²) in [4.78, 5) is 39.2. The number of ketones is 1. The molecule has 0 spiro atoms. The van der Waals surface area contributed by atoms with Crippen molar-refractivity contribution in [2.45, 2.75) is 27.2 Å². The van der Waals surface area contributed by atoms with Crippen molar-refractivity contribution in [3.05, 3.63) is 52.3 Å². The molecule has 0 fully saturated rings. The molecule has 0 aliphatic rings. The van der Waals surface area contributed by atoms with Gasteiger partial charge < -0.3 is 19.2 Å². The number of carbonyl (C=O) groups is 3. The Morgan fingerprint density at radius 1 is 1.04 bits per heavy atom. The van der Waals surface area contributed by atoms with Crippen LogP contribution in [0.15, 0.2) is 24.3 Å². The maximum absolute atomic E-state index is 12.5. The van der Waals surface area contributed by atoms with Crippen molar-refractivity contribution in [3.8, 4) is 5.75 Å². The lowest BCUT2D eigenvalue weighted by atomic mass is 10.1. The fourth-order valence-corrected chi connectivity index (χ4v) is 2.75. The minimum absolute atomic E-state index is 0.0520. The Morgan fingerprint density at radius 3 is 2.30 bits per heavy atom. The molecule has 1 aromatic heterocycles. The minimum Gasteiger partial charge on any atom is -0.497 e. The predicted molar refractivity (Wildman–Crippen MR) is 98.2 cm³/mol. The molecule has 1 aromatic carbocycles. The average molecular weight is 373 g/mol. The normalized spacial score (nSPS) is 10.4. The van der Waals surface area contributed by atoms with Gasteiger partial charge in [-0.25, -0.2) is 4.79 Å². The Bertz CT molecular complexity index is 835. The van der Waals surface area contributed by atoms with E-state index in [9.17, 15) is 14.4 Å². The summed E-state index contributed by atoms with van der Waals surface area (Å²) in [6.45, 7) is 4.89. The molecule has 144 valence electrons. The third-order valence-electron chi connectivity index (χ3n) is 4.07. The number of methoxy groups -OCH3 is 1. The fraction of sp³-hybridized carbons (Fsp3) is 0.350. The van der Waals surface area contributed by atoms with E-state index in [1.807, 2.05) is 0 Å². The van der Waals surface area contributed by atoms with Gasteiger partial charge in [-0.15, -0.1) is 0 Å². The van der Waals surface area contributed by atoms with Crippen LogP contribution in [-0.4, -0.2) is 43.0 Å². The number of rotatable bonds is 8. The monoisotopic (exact) mass is 373 g/mol. The van der Waals surface area contributed by atoms with Crippen LogP contribution >= 0.6 is 0 Å². The SMILES string of the molecule is CCOC(=O)c1[nH]c(C)c(C(=O)COC(=O)Cc2ccc(OC)cc2)c1C. The van der Waals surface area contributed by atoms with E-state index in [-0.39, 0.29) is 24.5 Å². The van der Waals surface area contributed by atoms with Crippen LogP contribution in [-0.2, 0) is 20.7 Å². The highest BCUT2D eigenvalue weighted by Crippen LogP contribution is 2.20. The lowest BCUT2D eigenvalue weighted by molar-refractivity contribution is -0.141. The third kappa shape index (κ3) is 4.97. The van der Waals surface area contributed by atoms with Gasteiger partial charge in [0.25, 0.3) is 0 Å². The van der Waals surface area contributed by atoms with Crippen molar-refractivity contribution in [2.24, 2.45) is 0 Å². The summed E-state index contributed by atoms with van der Waals surface area (Å²) < 4.78 is 15.1. The molecule has 0 saturated heterocycles. The van der Waals surface area contributed by atoms with E-state index in [4.69, 9.17) is 14.2 Å². The largest absolute Gasteiger partial charge is 0.497 e. The summed E-state index contributed by atoms with van der Waals surface area (Å²) in [6, 6.07) is 7.01. The number of aryl methyl sites for hydroxylation is 1. The zero-order valence-corrected chi connectivity index (χ0v) is 15.9. The molecular weight excluding hydrogens is 350 g/mol. The first-order chi connectivity index (χ1) is 12.9. The smallest absolute Gasteiger partial charge is 0.355 e. The number of nitrogens with one attached hydrogen (secondary N) is 1. The van der Waals surface area contributed by atoms with Crippen molar-refractivity contribution < 1.29 is 28.6 Å². The highest BCUT2D eigenvalue weighted by Gasteiger charge is 2.23. The quantitative estimate of drug-likeness (QED) is 0.565. The topological polar surface area (TPSA) is 94.7 Å². The van der Waals surface area contributed by atoms with Gasteiger partial charge in [0, 0.05) is 11.3 Å². The molecule has 1 heterocycles. The molecule has 2 rings (SSSR count). The summed E-state index contributed by atoms with van der Waals surface area (Å²) in [5, 5.41) is 0. The first-order valence-electron chi connectivity index (χ1n) is 8.55. The number of carbonyl (C=O) groups excluding carboxylic acids is 3. The van der Waals surface area contributed by atoms with Gasteiger partial charge in [0.05, 0.1) is 20.1 Å². The Kier molecular flexibility index (Phi) is 6.76. The first kappa shape index (κ1) is 20.2. The fourth-order valence-electron chi connectivity index (χ4n) is 2.75. The molecule has 0 aliphatic heterocycles. The number of ether oxygens (including phenoxy) is 3. The van der Waals surface area contributed by atoms with Crippen LogP contribution in [0.25, 0.3) is 0 Å². The molecule has 0 bridgehead atoms. The third-order valence-corrected chi connectivity index (χ3v) is 4.07. The highest BCUT2D eigenvalue weighted by atomic mass is 16.5. The van der Waals surface area contributed by atoms with Gasteiger partial charge in [-0.1, -0.05) is 12.1 Å². The maximum Gasteiger partial charge on any atom is 0.355 e. The summed E-state index contributed by atoms with van der Waals surface area (Å²) in [5.74, 6) is -0.711. The van der Waals surface area contributed by atoms with Crippen molar-refractivity contribution in [2.75, 3.05) is 20.3 Å². The van der Waals surface area contributed by atoms with Crippen LogP contribution in [0.2, 0.25) is 0 Å². The molecule has 0 aliphatic carbocycles. The second-order valence-corrected chi connectivity index (χ2v) is 5.95. The molecule has 0 radical (unpaired) electrons. The molecule has 0 saturated carbocycles. The van der Waals surface area contributed by atoms with Gasteiger partial charge in [-0.3, -0.25) is 9.59 Å². The van der Waals surface area contributed by atoms with Crippen molar-refractivity contribution in [3.63, 3.8) is 0 Å². The number of benzene rings is 1. The van der Waals surface area contributed by atoms with Gasteiger partial charge in [0.2, 0.25) is 5.78 Å². The molecule has 2 aromatic rings. The summed E-state index contributed by atoms with van der Waals surface area (Å²) in [6.07, 6.45) is 0.0520.